The maximum atomic E-state index is 7.23. The van der Waals surface area contributed by atoms with E-state index in [1.165, 1.54) is 61.6 Å². The van der Waals surface area contributed by atoms with Gasteiger partial charge in [-0.25, -0.2) is 0 Å². The van der Waals surface area contributed by atoms with Crippen molar-refractivity contribution >= 4 is 22.6 Å². The highest BCUT2D eigenvalue weighted by Gasteiger charge is 2.39. The first-order valence-electron chi connectivity index (χ1n) is 12.4. The maximum Gasteiger partial charge on any atom is 0.144 e. The Morgan fingerprint density at radius 1 is 0.758 bits per heavy atom. The number of halogens is 1. The van der Waals surface area contributed by atoms with Crippen LogP contribution in [-0.4, -0.2) is 6.10 Å². The fourth-order valence-corrected chi connectivity index (χ4v) is 5.77. The van der Waals surface area contributed by atoms with Crippen LogP contribution in [0.5, 0.6) is 0 Å². The Hall–Kier alpha value is -1.91. The number of benzene rings is 3. The normalized spacial score (nSPS) is 16.2. The van der Waals surface area contributed by atoms with Crippen molar-refractivity contribution in [3.8, 4) is 0 Å². The molecule has 0 N–H and O–H groups in total. The predicted octanol–water partition coefficient (Wildman–Crippen LogP) is 9.06. The molecule has 0 saturated heterocycles. The lowest BCUT2D eigenvalue weighted by atomic mass is 9.79. The highest BCUT2D eigenvalue weighted by Crippen LogP contribution is 2.42. The SMILES string of the molecule is IC=CC(CCCC1CCCCC1)OC(c1ccccc1)(c1ccccc1)c1ccccc1. The third kappa shape index (κ3) is 6.16. The van der Waals surface area contributed by atoms with Crippen LogP contribution in [0.25, 0.3) is 0 Å². The molecular weight excluding hydrogens is 515 g/mol. The van der Waals surface area contributed by atoms with Crippen molar-refractivity contribution < 1.29 is 4.74 Å². The monoisotopic (exact) mass is 550 g/mol. The standard InChI is InChI=1S/C31H35IO/c32-25-24-30(23-13-16-26-14-5-1-6-15-26)33-31(27-17-7-2-8-18-27,28-19-9-3-10-20-28)29-21-11-4-12-22-29/h2-4,7-12,17-22,24-26,30H,1,5-6,13-16,23H2. The average molecular weight is 551 g/mol. The van der Waals surface area contributed by atoms with Gasteiger partial charge in [0, 0.05) is 0 Å². The third-order valence-corrected chi connectivity index (χ3v) is 7.40. The van der Waals surface area contributed by atoms with Gasteiger partial charge >= 0.3 is 0 Å². The fraction of sp³-hybridized carbons (Fsp3) is 0.355. The van der Waals surface area contributed by atoms with E-state index >= 15 is 0 Å². The van der Waals surface area contributed by atoms with Crippen molar-refractivity contribution in [2.24, 2.45) is 5.92 Å². The van der Waals surface area contributed by atoms with E-state index in [1.807, 2.05) is 0 Å². The predicted molar refractivity (Wildman–Crippen MR) is 148 cm³/mol. The summed E-state index contributed by atoms with van der Waals surface area (Å²) in [5, 5.41) is 0. The number of hydrogen-bond acceptors (Lipinski definition) is 1. The van der Waals surface area contributed by atoms with Gasteiger partial charge in [-0.05, 0) is 39.2 Å². The Morgan fingerprint density at radius 2 is 1.24 bits per heavy atom. The molecule has 33 heavy (non-hydrogen) atoms. The molecule has 0 aromatic heterocycles. The number of rotatable bonds is 10. The third-order valence-electron chi connectivity index (χ3n) is 6.98. The van der Waals surface area contributed by atoms with E-state index in [0.29, 0.717) is 0 Å². The molecule has 1 fully saturated rings. The Balaban J connectivity index is 1.68. The van der Waals surface area contributed by atoms with Gasteiger partial charge in [0.15, 0.2) is 0 Å². The van der Waals surface area contributed by atoms with E-state index in [2.05, 4.69) is 124 Å². The second-order valence-electron chi connectivity index (χ2n) is 9.19. The summed E-state index contributed by atoms with van der Waals surface area (Å²) in [7, 11) is 0. The molecule has 1 unspecified atom stereocenters. The van der Waals surface area contributed by atoms with Gasteiger partial charge in [0.05, 0.1) is 6.10 Å². The minimum Gasteiger partial charge on any atom is -0.354 e. The summed E-state index contributed by atoms with van der Waals surface area (Å²) >= 11 is 2.33. The van der Waals surface area contributed by atoms with Crippen molar-refractivity contribution in [3.63, 3.8) is 0 Å². The molecule has 0 heterocycles. The lowest BCUT2D eigenvalue weighted by molar-refractivity contribution is -0.0289. The smallest absolute Gasteiger partial charge is 0.144 e. The van der Waals surface area contributed by atoms with Gasteiger partial charge in [-0.2, -0.15) is 0 Å². The lowest BCUT2D eigenvalue weighted by Gasteiger charge is -2.38. The van der Waals surface area contributed by atoms with E-state index in [4.69, 9.17) is 4.74 Å². The zero-order valence-corrected chi connectivity index (χ0v) is 21.6. The van der Waals surface area contributed by atoms with E-state index < -0.39 is 5.60 Å². The molecule has 4 rings (SSSR count). The molecule has 2 heteroatoms. The summed E-state index contributed by atoms with van der Waals surface area (Å²) in [5.74, 6) is 0.908. The zero-order valence-electron chi connectivity index (χ0n) is 19.4. The molecule has 3 aromatic carbocycles. The molecule has 1 atom stereocenters. The first kappa shape index (κ1) is 24.2. The Morgan fingerprint density at radius 3 is 1.70 bits per heavy atom. The van der Waals surface area contributed by atoms with Gasteiger partial charge in [-0.1, -0.05) is 159 Å². The largest absolute Gasteiger partial charge is 0.354 e. The van der Waals surface area contributed by atoms with Gasteiger partial charge in [-0.3, -0.25) is 0 Å². The summed E-state index contributed by atoms with van der Waals surface area (Å²) in [6.45, 7) is 0. The molecule has 3 aromatic rings. The van der Waals surface area contributed by atoms with Crippen molar-refractivity contribution in [3.05, 3.63) is 118 Å². The van der Waals surface area contributed by atoms with Gasteiger partial charge in [0.2, 0.25) is 0 Å². The lowest BCUT2D eigenvalue weighted by Crippen LogP contribution is -2.36. The molecule has 0 radical (unpaired) electrons. The first-order chi connectivity index (χ1) is 16.3. The molecule has 0 spiro atoms. The second-order valence-corrected chi connectivity index (χ2v) is 9.91. The second kappa shape index (κ2) is 12.5. The molecule has 172 valence electrons. The maximum absolute atomic E-state index is 7.23. The van der Waals surface area contributed by atoms with E-state index in [1.54, 1.807) is 0 Å². The van der Waals surface area contributed by atoms with Crippen molar-refractivity contribution in [2.75, 3.05) is 0 Å². The molecule has 1 nitrogen and oxygen atoms in total. The highest BCUT2D eigenvalue weighted by molar-refractivity contribution is 14.1. The van der Waals surface area contributed by atoms with Crippen molar-refractivity contribution in [1.29, 1.82) is 0 Å². The van der Waals surface area contributed by atoms with Crippen LogP contribution in [0.3, 0.4) is 0 Å². The van der Waals surface area contributed by atoms with Crippen LogP contribution >= 0.6 is 22.6 Å². The Kier molecular flexibility index (Phi) is 9.19. The molecule has 1 aliphatic rings. The fourth-order valence-electron chi connectivity index (χ4n) is 5.31. The van der Waals surface area contributed by atoms with Crippen LogP contribution in [0.4, 0.5) is 0 Å². The van der Waals surface area contributed by atoms with E-state index in [0.717, 1.165) is 12.3 Å². The minimum atomic E-state index is -0.657. The average Bonchev–Trinajstić information content (AvgIpc) is 2.89. The van der Waals surface area contributed by atoms with Crippen molar-refractivity contribution in [1.82, 2.24) is 0 Å². The zero-order chi connectivity index (χ0) is 22.8. The van der Waals surface area contributed by atoms with Crippen LogP contribution in [0.15, 0.2) is 101 Å². The Bertz CT molecular complexity index is 865. The summed E-state index contributed by atoms with van der Waals surface area (Å²) in [6, 6.07) is 32.1. The topological polar surface area (TPSA) is 9.23 Å². The van der Waals surface area contributed by atoms with Gasteiger partial charge in [0.1, 0.15) is 5.60 Å². The van der Waals surface area contributed by atoms with Crippen LogP contribution in [0, 0.1) is 5.92 Å². The molecule has 0 amide bonds. The summed E-state index contributed by atoms with van der Waals surface area (Å²) in [4.78, 5) is 0. The highest BCUT2D eigenvalue weighted by atomic mass is 127. The first-order valence-corrected chi connectivity index (χ1v) is 13.7. The van der Waals surface area contributed by atoms with Crippen molar-refractivity contribution in [2.45, 2.75) is 63.1 Å². The summed E-state index contributed by atoms with van der Waals surface area (Å²) in [6.07, 6.45) is 12.9. The summed E-state index contributed by atoms with van der Waals surface area (Å²) in [5.41, 5.74) is 2.85. The van der Waals surface area contributed by atoms with Crippen LogP contribution < -0.4 is 0 Å². The minimum absolute atomic E-state index is 0.0473. The molecule has 0 aliphatic heterocycles. The van der Waals surface area contributed by atoms with E-state index in [9.17, 15) is 0 Å². The van der Waals surface area contributed by atoms with Crippen LogP contribution in [-0.2, 0) is 10.3 Å². The van der Waals surface area contributed by atoms with Crippen LogP contribution in [0.2, 0.25) is 0 Å². The van der Waals surface area contributed by atoms with Crippen LogP contribution in [0.1, 0.15) is 68.1 Å². The van der Waals surface area contributed by atoms with Gasteiger partial charge in [-0.15, -0.1) is 0 Å². The molecular formula is C31H35IO. The Labute approximate surface area is 213 Å². The molecule has 1 aliphatic carbocycles. The summed E-state index contributed by atoms with van der Waals surface area (Å²) < 4.78 is 9.35. The molecule has 1 saturated carbocycles. The van der Waals surface area contributed by atoms with Gasteiger partial charge in [0.25, 0.3) is 0 Å². The van der Waals surface area contributed by atoms with E-state index in [-0.39, 0.29) is 6.10 Å². The quantitative estimate of drug-likeness (QED) is 0.181. The number of ether oxygens (including phenoxy) is 1. The number of hydrogen-bond donors (Lipinski definition) is 0. The molecule has 0 bridgehead atoms. The van der Waals surface area contributed by atoms with Gasteiger partial charge < -0.3 is 4.74 Å².